The molecule has 3 rings (SSSR count). The molecule has 0 radical (unpaired) electrons. The van der Waals surface area contributed by atoms with Crippen molar-refractivity contribution < 1.29 is 14.0 Å². The molecular weight excluding hydrogens is 294 g/mol. The van der Waals surface area contributed by atoms with Crippen molar-refractivity contribution in [3.05, 3.63) is 53.9 Å². The summed E-state index contributed by atoms with van der Waals surface area (Å²) in [6, 6.07) is 8.47. The Hall–Kier alpha value is -3.28. The number of benzene rings is 1. The third-order valence-electron chi connectivity index (χ3n) is 3.42. The first-order valence-electron chi connectivity index (χ1n) is 6.87. The summed E-state index contributed by atoms with van der Waals surface area (Å²) in [4.78, 5) is 30.9. The minimum Gasteiger partial charge on any atom is -0.462 e. The van der Waals surface area contributed by atoms with Gasteiger partial charge in [0.1, 0.15) is 17.2 Å². The van der Waals surface area contributed by atoms with E-state index in [0.717, 1.165) is 5.56 Å². The fourth-order valence-electron chi connectivity index (χ4n) is 2.20. The molecule has 0 saturated carbocycles. The van der Waals surface area contributed by atoms with Crippen LogP contribution < -0.4 is 5.73 Å². The third-order valence-corrected chi connectivity index (χ3v) is 3.42. The van der Waals surface area contributed by atoms with Crippen LogP contribution in [0.3, 0.4) is 0 Å². The maximum atomic E-state index is 11.3. The van der Waals surface area contributed by atoms with Crippen molar-refractivity contribution >= 4 is 17.9 Å². The van der Waals surface area contributed by atoms with Crippen molar-refractivity contribution in [1.29, 1.82) is 0 Å². The molecule has 23 heavy (non-hydrogen) atoms. The first-order valence-corrected chi connectivity index (χ1v) is 6.87. The lowest BCUT2D eigenvalue weighted by molar-refractivity contribution is 0.101. The number of Topliss-reactive ketones (excluding diaryl/α,β-unsaturated/α-hetero) is 1. The molecule has 0 amide bonds. The second kappa shape index (κ2) is 5.84. The first kappa shape index (κ1) is 14.6. The van der Waals surface area contributed by atoms with Gasteiger partial charge < -0.3 is 10.2 Å². The molecule has 114 valence electrons. The lowest BCUT2D eigenvalue weighted by atomic mass is 10.1. The molecule has 6 nitrogen and oxygen atoms in total. The van der Waals surface area contributed by atoms with Crippen molar-refractivity contribution in [2.24, 2.45) is 0 Å². The van der Waals surface area contributed by atoms with Gasteiger partial charge in [0.15, 0.2) is 17.8 Å². The van der Waals surface area contributed by atoms with E-state index < -0.39 is 0 Å². The molecule has 2 aromatic heterocycles. The van der Waals surface area contributed by atoms with Crippen molar-refractivity contribution in [3.8, 4) is 22.7 Å². The second-order valence-corrected chi connectivity index (χ2v) is 4.95. The number of hydrogen-bond donors (Lipinski definition) is 1. The number of ketones is 1. The number of aldehydes is 1. The molecule has 0 saturated heterocycles. The number of nitrogens with two attached hydrogens (primary N) is 1. The highest BCUT2D eigenvalue weighted by molar-refractivity contribution is 5.94. The Kier molecular flexibility index (Phi) is 3.72. The zero-order valence-corrected chi connectivity index (χ0v) is 12.3. The van der Waals surface area contributed by atoms with E-state index in [2.05, 4.69) is 9.97 Å². The van der Waals surface area contributed by atoms with Crippen molar-refractivity contribution in [3.63, 3.8) is 0 Å². The maximum Gasteiger partial charge on any atom is 0.164 e. The fourth-order valence-corrected chi connectivity index (χ4v) is 2.20. The molecule has 0 aliphatic carbocycles. The number of carbonyl (C=O) groups excluding carboxylic acids is 2. The maximum absolute atomic E-state index is 11.3. The van der Waals surface area contributed by atoms with Crippen LogP contribution in [0.25, 0.3) is 22.7 Å². The number of hydrogen-bond acceptors (Lipinski definition) is 6. The highest BCUT2D eigenvalue weighted by Crippen LogP contribution is 2.28. The lowest BCUT2D eigenvalue weighted by Crippen LogP contribution is -2.00. The summed E-state index contributed by atoms with van der Waals surface area (Å²) in [5.74, 6) is 0.577. The molecule has 0 spiro atoms. The van der Waals surface area contributed by atoms with Crippen LogP contribution in [0.1, 0.15) is 27.6 Å². The molecule has 0 fully saturated rings. The second-order valence-electron chi connectivity index (χ2n) is 4.95. The van der Waals surface area contributed by atoms with Crippen LogP contribution in [0.2, 0.25) is 0 Å². The van der Waals surface area contributed by atoms with E-state index in [4.69, 9.17) is 10.2 Å². The Bertz CT molecular complexity index is 882. The Labute approximate surface area is 132 Å². The number of aromatic nitrogens is 2. The van der Waals surface area contributed by atoms with Crippen LogP contribution in [0.4, 0.5) is 5.82 Å². The summed E-state index contributed by atoms with van der Waals surface area (Å²) in [5, 5.41) is 0. The molecule has 6 heteroatoms. The molecule has 0 aliphatic rings. The van der Waals surface area contributed by atoms with Gasteiger partial charge in [0.2, 0.25) is 0 Å². The smallest absolute Gasteiger partial charge is 0.164 e. The van der Waals surface area contributed by atoms with E-state index in [-0.39, 0.29) is 11.6 Å². The summed E-state index contributed by atoms with van der Waals surface area (Å²) >= 11 is 0. The first-order chi connectivity index (χ1) is 11.1. The average Bonchev–Trinajstić information content (AvgIpc) is 3.04. The molecule has 0 bridgehead atoms. The monoisotopic (exact) mass is 307 g/mol. The van der Waals surface area contributed by atoms with Crippen molar-refractivity contribution in [2.45, 2.75) is 6.92 Å². The number of carbonyl (C=O) groups is 2. The summed E-state index contributed by atoms with van der Waals surface area (Å²) in [7, 11) is 0. The predicted octanol–water partition coefficient (Wildman–Crippen LogP) is 3.00. The summed E-state index contributed by atoms with van der Waals surface area (Å²) in [5.41, 5.74) is 8.50. The van der Waals surface area contributed by atoms with Crippen molar-refractivity contribution in [1.82, 2.24) is 9.97 Å². The van der Waals surface area contributed by atoms with Gasteiger partial charge in [0.05, 0.1) is 18.0 Å². The van der Waals surface area contributed by atoms with E-state index >= 15 is 0 Å². The molecular formula is C17H13N3O3. The Balaban J connectivity index is 2.07. The van der Waals surface area contributed by atoms with Crippen LogP contribution >= 0.6 is 0 Å². The zero-order valence-electron chi connectivity index (χ0n) is 12.3. The topological polar surface area (TPSA) is 99.1 Å². The van der Waals surface area contributed by atoms with Gasteiger partial charge in [0, 0.05) is 11.1 Å². The number of anilines is 1. The minimum absolute atomic E-state index is 0.0180. The van der Waals surface area contributed by atoms with Crippen LogP contribution in [0.15, 0.2) is 47.2 Å². The standard InChI is InChI=1S/C17H13N3O3/c1-10(22)11-2-4-12(5-3-11)15-17(18)19-8-14(20-15)16-13(9-21)6-7-23-16/h2-9H,1H3,(H2,18,19). The predicted molar refractivity (Wildman–Crippen MR) is 85.0 cm³/mol. The number of rotatable bonds is 4. The van der Waals surface area contributed by atoms with Crippen LogP contribution in [-0.4, -0.2) is 22.0 Å². The Morgan fingerprint density at radius 1 is 1.22 bits per heavy atom. The van der Waals surface area contributed by atoms with Gasteiger partial charge in [-0.2, -0.15) is 0 Å². The fraction of sp³-hybridized carbons (Fsp3) is 0.0588. The quantitative estimate of drug-likeness (QED) is 0.587. The van der Waals surface area contributed by atoms with Gasteiger partial charge in [-0.3, -0.25) is 9.59 Å². The van der Waals surface area contributed by atoms with E-state index in [0.29, 0.717) is 34.6 Å². The summed E-state index contributed by atoms with van der Waals surface area (Å²) in [6.07, 6.45) is 3.56. The van der Waals surface area contributed by atoms with Gasteiger partial charge in [-0.15, -0.1) is 0 Å². The molecule has 0 unspecified atom stereocenters. The van der Waals surface area contributed by atoms with Gasteiger partial charge >= 0.3 is 0 Å². The van der Waals surface area contributed by atoms with E-state index in [1.807, 2.05) is 0 Å². The third kappa shape index (κ3) is 2.74. The normalized spacial score (nSPS) is 10.5. The van der Waals surface area contributed by atoms with E-state index in [1.54, 1.807) is 30.3 Å². The highest BCUT2D eigenvalue weighted by atomic mass is 16.3. The van der Waals surface area contributed by atoms with Crippen molar-refractivity contribution in [2.75, 3.05) is 5.73 Å². The van der Waals surface area contributed by atoms with Crippen LogP contribution in [-0.2, 0) is 0 Å². The SMILES string of the molecule is CC(=O)c1ccc(-c2nc(-c3occc3C=O)cnc2N)cc1. The van der Waals surface area contributed by atoms with E-state index in [9.17, 15) is 9.59 Å². The average molecular weight is 307 g/mol. The van der Waals surface area contributed by atoms with Gasteiger partial charge in [-0.1, -0.05) is 24.3 Å². The van der Waals surface area contributed by atoms with Crippen LogP contribution in [0.5, 0.6) is 0 Å². The largest absolute Gasteiger partial charge is 0.462 e. The number of nitrogens with zero attached hydrogens (tertiary/aromatic N) is 2. The molecule has 2 N–H and O–H groups in total. The van der Waals surface area contributed by atoms with Gasteiger partial charge in [-0.05, 0) is 13.0 Å². The minimum atomic E-state index is -0.0180. The Morgan fingerprint density at radius 2 is 1.96 bits per heavy atom. The molecule has 3 aromatic rings. The lowest BCUT2D eigenvalue weighted by Gasteiger charge is -2.07. The van der Waals surface area contributed by atoms with Gasteiger partial charge in [0.25, 0.3) is 0 Å². The zero-order chi connectivity index (χ0) is 16.4. The summed E-state index contributed by atoms with van der Waals surface area (Å²) < 4.78 is 5.30. The molecule has 2 heterocycles. The Morgan fingerprint density at radius 3 is 2.61 bits per heavy atom. The van der Waals surface area contributed by atoms with Crippen LogP contribution in [0, 0.1) is 0 Å². The van der Waals surface area contributed by atoms with Gasteiger partial charge in [-0.25, -0.2) is 9.97 Å². The summed E-state index contributed by atoms with van der Waals surface area (Å²) in [6.45, 7) is 1.50. The van der Waals surface area contributed by atoms with E-state index in [1.165, 1.54) is 19.4 Å². The molecule has 1 aromatic carbocycles. The molecule has 0 atom stereocenters. The molecule has 0 aliphatic heterocycles. The highest BCUT2D eigenvalue weighted by Gasteiger charge is 2.14. The number of furan rings is 1. The number of nitrogen functional groups attached to an aromatic ring is 1.